The maximum atomic E-state index is 13.4. The van der Waals surface area contributed by atoms with Crippen molar-refractivity contribution in [3.8, 4) is 5.75 Å². The molecule has 0 aliphatic carbocycles. The van der Waals surface area contributed by atoms with Gasteiger partial charge in [0.1, 0.15) is 18.1 Å². The van der Waals surface area contributed by atoms with Gasteiger partial charge in [-0.1, -0.05) is 58.4 Å². The molecule has 0 aliphatic rings. The highest BCUT2D eigenvalue weighted by Gasteiger charge is 2.20. The van der Waals surface area contributed by atoms with Crippen LogP contribution < -0.4 is 10.1 Å². The van der Waals surface area contributed by atoms with Crippen molar-refractivity contribution in [3.05, 3.63) is 59.4 Å². The Morgan fingerprint density at radius 3 is 2.41 bits per heavy atom. The van der Waals surface area contributed by atoms with E-state index >= 15 is 0 Å². The van der Waals surface area contributed by atoms with E-state index in [0.29, 0.717) is 24.9 Å². The molecule has 212 valence electrons. The number of imidazole rings is 1. The molecular weight excluding hydrogens is 488 g/mol. The highest BCUT2D eigenvalue weighted by molar-refractivity contribution is 5.81. The summed E-state index contributed by atoms with van der Waals surface area (Å²) in [5.41, 5.74) is 4.06. The Labute approximate surface area is 233 Å². The summed E-state index contributed by atoms with van der Waals surface area (Å²) in [6.07, 6.45) is 3.57. The van der Waals surface area contributed by atoms with Crippen molar-refractivity contribution in [1.82, 2.24) is 19.8 Å². The van der Waals surface area contributed by atoms with Crippen molar-refractivity contribution in [2.24, 2.45) is 11.8 Å². The number of fused-ring (bicyclic) bond motifs is 1. The molecule has 0 saturated heterocycles. The molecule has 7 nitrogen and oxygen atoms in total. The van der Waals surface area contributed by atoms with Crippen LogP contribution in [0.15, 0.2) is 42.5 Å². The van der Waals surface area contributed by atoms with E-state index in [9.17, 15) is 9.59 Å². The van der Waals surface area contributed by atoms with Gasteiger partial charge >= 0.3 is 0 Å². The predicted octanol–water partition coefficient (Wildman–Crippen LogP) is 5.70. The van der Waals surface area contributed by atoms with Crippen LogP contribution in [-0.4, -0.2) is 52.5 Å². The lowest BCUT2D eigenvalue weighted by Gasteiger charge is -2.27. The number of aryl methyl sites for hydroxylation is 3. The molecule has 0 unspecified atom stereocenters. The van der Waals surface area contributed by atoms with Crippen LogP contribution in [0.5, 0.6) is 5.75 Å². The first-order valence-corrected chi connectivity index (χ1v) is 14.3. The van der Waals surface area contributed by atoms with Gasteiger partial charge in [0.05, 0.1) is 11.0 Å². The quantitative estimate of drug-likeness (QED) is 0.254. The van der Waals surface area contributed by atoms with Gasteiger partial charge in [-0.15, -0.1) is 0 Å². The molecule has 0 radical (unpaired) electrons. The summed E-state index contributed by atoms with van der Waals surface area (Å²) < 4.78 is 7.79. The second-order valence-corrected chi connectivity index (χ2v) is 11.4. The average Bonchev–Trinajstić information content (AvgIpc) is 3.22. The van der Waals surface area contributed by atoms with Crippen LogP contribution in [0.4, 0.5) is 0 Å². The summed E-state index contributed by atoms with van der Waals surface area (Å²) in [5.74, 6) is 2.58. The van der Waals surface area contributed by atoms with E-state index in [2.05, 4.69) is 37.6 Å². The molecule has 0 fully saturated rings. The van der Waals surface area contributed by atoms with Gasteiger partial charge in [-0.2, -0.15) is 0 Å². The minimum atomic E-state index is -0.108. The molecule has 0 aliphatic heterocycles. The molecule has 39 heavy (non-hydrogen) atoms. The number of ether oxygens (including phenoxy) is 1. The van der Waals surface area contributed by atoms with Crippen LogP contribution >= 0.6 is 0 Å². The summed E-state index contributed by atoms with van der Waals surface area (Å²) in [7, 11) is 0. The van der Waals surface area contributed by atoms with E-state index in [-0.39, 0.29) is 18.4 Å². The van der Waals surface area contributed by atoms with Crippen molar-refractivity contribution in [2.75, 3.05) is 26.2 Å². The lowest BCUT2D eigenvalue weighted by atomic mass is 10.1. The third-order valence-corrected chi connectivity index (χ3v) is 6.65. The minimum absolute atomic E-state index is 0.0208. The molecule has 3 aromatic rings. The van der Waals surface area contributed by atoms with Gasteiger partial charge in [-0.25, -0.2) is 4.98 Å². The van der Waals surface area contributed by atoms with Crippen molar-refractivity contribution in [1.29, 1.82) is 0 Å². The maximum absolute atomic E-state index is 13.4. The van der Waals surface area contributed by atoms with Gasteiger partial charge in [0, 0.05) is 26.1 Å². The zero-order valence-electron chi connectivity index (χ0n) is 24.6. The first kappa shape index (κ1) is 30.2. The number of hydrogen-bond donors (Lipinski definition) is 1. The first-order valence-electron chi connectivity index (χ1n) is 14.3. The largest absolute Gasteiger partial charge is 0.483 e. The van der Waals surface area contributed by atoms with Crippen LogP contribution in [-0.2, 0) is 22.6 Å². The number of carbonyl (C=O) groups excluding carboxylic acids is 2. The molecule has 3 rings (SSSR count). The second kappa shape index (κ2) is 14.7. The highest BCUT2D eigenvalue weighted by Crippen LogP contribution is 2.20. The van der Waals surface area contributed by atoms with Crippen LogP contribution in [0, 0.1) is 25.7 Å². The number of rotatable bonds is 15. The number of hydrogen-bond acceptors (Lipinski definition) is 4. The van der Waals surface area contributed by atoms with Crippen molar-refractivity contribution >= 4 is 22.8 Å². The molecule has 1 heterocycles. The molecule has 2 aromatic carbocycles. The molecule has 0 spiro atoms. The molecule has 1 aromatic heterocycles. The molecule has 2 amide bonds. The van der Waals surface area contributed by atoms with Gasteiger partial charge in [-0.3, -0.25) is 9.59 Å². The van der Waals surface area contributed by atoms with E-state index < -0.39 is 0 Å². The van der Waals surface area contributed by atoms with Crippen LogP contribution in [0.25, 0.3) is 11.0 Å². The molecule has 7 heteroatoms. The van der Waals surface area contributed by atoms with E-state index in [4.69, 9.17) is 9.72 Å². The predicted molar refractivity (Wildman–Crippen MR) is 158 cm³/mol. The lowest BCUT2D eigenvalue weighted by Crippen LogP contribution is -2.39. The summed E-state index contributed by atoms with van der Waals surface area (Å²) in [5, 5.41) is 2.95. The van der Waals surface area contributed by atoms with Crippen LogP contribution in [0.2, 0.25) is 0 Å². The Hall–Kier alpha value is -3.35. The zero-order chi connectivity index (χ0) is 28.4. The van der Waals surface area contributed by atoms with Crippen LogP contribution in [0.3, 0.4) is 0 Å². The number of unbranched alkanes of at least 4 members (excludes halogenated alkanes) is 2. The number of aromatic nitrogens is 2. The Kier molecular flexibility index (Phi) is 11.4. The minimum Gasteiger partial charge on any atom is -0.483 e. The molecule has 1 N–H and O–H groups in total. The van der Waals surface area contributed by atoms with Gasteiger partial charge < -0.3 is 19.5 Å². The van der Waals surface area contributed by atoms with Crippen molar-refractivity contribution < 1.29 is 14.3 Å². The first-order chi connectivity index (χ1) is 18.6. The summed E-state index contributed by atoms with van der Waals surface area (Å²) >= 11 is 0. The number of amides is 2. The third-order valence-electron chi connectivity index (χ3n) is 6.65. The number of carbonyl (C=O) groups is 2. The van der Waals surface area contributed by atoms with Gasteiger partial charge in [0.25, 0.3) is 5.91 Å². The van der Waals surface area contributed by atoms with Crippen LogP contribution in [0.1, 0.15) is 63.9 Å². The number of nitrogens with one attached hydrogen (secondary N) is 1. The van der Waals surface area contributed by atoms with Gasteiger partial charge in [0.2, 0.25) is 5.91 Å². The fourth-order valence-corrected chi connectivity index (χ4v) is 4.76. The Balaban J connectivity index is 1.50. The van der Waals surface area contributed by atoms with E-state index in [1.165, 1.54) is 0 Å². The number of nitrogens with zero attached hydrogens (tertiary/aromatic N) is 3. The van der Waals surface area contributed by atoms with E-state index in [0.717, 1.165) is 72.5 Å². The topological polar surface area (TPSA) is 76.5 Å². The van der Waals surface area contributed by atoms with E-state index in [1.54, 1.807) is 0 Å². The zero-order valence-corrected chi connectivity index (χ0v) is 24.6. The molecule has 0 bridgehead atoms. The number of benzene rings is 2. The molecule has 0 atom stereocenters. The fraction of sp³-hybridized carbons (Fsp3) is 0.531. The number of para-hydroxylation sites is 2. The van der Waals surface area contributed by atoms with Crippen molar-refractivity contribution in [3.63, 3.8) is 0 Å². The summed E-state index contributed by atoms with van der Waals surface area (Å²) in [6.45, 7) is 15.1. The highest BCUT2D eigenvalue weighted by atomic mass is 16.5. The summed E-state index contributed by atoms with van der Waals surface area (Å²) in [6, 6.07) is 14.0. The second-order valence-electron chi connectivity index (χ2n) is 11.4. The third kappa shape index (κ3) is 9.41. The summed E-state index contributed by atoms with van der Waals surface area (Å²) in [4.78, 5) is 32.4. The van der Waals surface area contributed by atoms with Gasteiger partial charge in [-0.05, 0) is 67.9 Å². The molecular formula is C32H46N4O3. The lowest BCUT2D eigenvalue weighted by molar-refractivity contribution is -0.133. The Morgan fingerprint density at radius 2 is 1.69 bits per heavy atom. The normalized spacial score (nSPS) is 11.4. The monoisotopic (exact) mass is 534 g/mol. The SMILES string of the molecule is Cc1ccc(C)c(OCC(=O)NCCCCCc2nc3ccccc3n2CC(=O)N(CC(C)C)CC(C)C)c1. The van der Waals surface area contributed by atoms with Gasteiger partial charge in [0.15, 0.2) is 6.61 Å². The fourth-order valence-electron chi connectivity index (χ4n) is 4.76. The van der Waals surface area contributed by atoms with Crippen molar-refractivity contribution in [2.45, 2.75) is 73.8 Å². The van der Waals surface area contributed by atoms with E-state index in [1.807, 2.05) is 61.2 Å². The standard InChI is InChI=1S/C32H46N4O3/c1-23(2)19-35(20-24(3)4)32(38)21-36-28-13-10-9-12-27(28)34-30(36)14-8-7-11-17-33-31(37)22-39-29-18-25(5)15-16-26(29)6/h9-10,12-13,15-16,18,23-24H,7-8,11,14,17,19-22H2,1-6H3,(H,33,37). The smallest absolute Gasteiger partial charge is 0.257 e. The average molecular weight is 535 g/mol. The molecule has 0 saturated carbocycles. The Bertz CT molecular complexity index is 1220. The maximum Gasteiger partial charge on any atom is 0.257 e. The Morgan fingerprint density at radius 1 is 0.974 bits per heavy atom.